The molecule has 0 saturated carbocycles. The minimum Gasteiger partial charge on any atom is -0.358 e. The SMILES string of the molecule is CC(C)C1N(c2c([N+](=O)[O-])ncn2C)CC1(C)C. The zero-order chi connectivity index (χ0) is 13.7. The van der Waals surface area contributed by atoms with Crippen molar-refractivity contribution in [1.82, 2.24) is 9.55 Å². The fourth-order valence-electron chi connectivity index (χ4n) is 3.28. The zero-order valence-corrected chi connectivity index (χ0v) is 11.5. The van der Waals surface area contributed by atoms with Gasteiger partial charge in [0.1, 0.15) is 0 Å². The van der Waals surface area contributed by atoms with Gasteiger partial charge in [0.05, 0.1) is 0 Å². The lowest BCUT2D eigenvalue weighted by Crippen LogP contribution is -2.65. The van der Waals surface area contributed by atoms with Gasteiger partial charge < -0.3 is 15.0 Å². The molecule has 6 nitrogen and oxygen atoms in total. The van der Waals surface area contributed by atoms with Crippen LogP contribution in [0.5, 0.6) is 0 Å². The minimum absolute atomic E-state index is 0.0429. The van der Waals surface area contributed by atoms with Gasteiger partial charge in [-0.25, -0.2) is 0 Å². The van der Waals surface area contributed by atoms with E-state index in [9.17, 15) is 10.1 Å². The molecule has 1 aromatic rings. The van der Waals surface area contributed by atoms with Crippen LogP contribution in [-0.2, 0) is 7.05 Å². The van der Waals surface area contributed by atoms with Gasteiger partial charge in [0.25, 0.3) is 0 Å². The normalized spacial score (nSPS) is 22.1. The number of rotatable bonds is 3. The van der Waals surface area contributed by atoms with Gasteiger partial charge in [-0.2, -0.15) is 0 Å². The number of hydrogen-bond acceptors (Lipinski definition) is 4. The first-order chi connectivity index (χ1) is 8.25. The summed E-state index contributed by atoms with van der Waals surface area (Å²) in [5, 5.41) is 11.0. The van der Waals surface area contributed by atoms with E-state index in [-0.39, 0.29) is 11.2 Å². The average molecular weight is 252 g/mol. The quantitative estimate of drug-likeness (QED) is 0.611. The molecular formula is C12H20N4O2. The predicted octanol–water partition coefficient (Wildman–Crippen LogP) is 2.20. The summed E-state index contributed by atoms with van der Waals surface area (Å²) in [5.41, 5.74) is 0.187. The monoisotopic (exact) mass is 252 g/mol. The van der Waals surface area contributed by atoms with Gasteiger partial charge in [0.2, 0.25) is 12.1 Å². The van der Waals surface area contributed by atoms with Crippen LogP contribution in [0.2, 0.25) is 0 Å². The van der Waals surface area contributed by atoms with Crippen molar-refractivity contribution in [2.75, 3.05) is 11.4 Å². The molecule has 1 aliphatic rings. The summed E-state index contributed by atoms with van der Waals surface area (Å²) in [7, 11) is 1.80. The highest BCUT2D eigenvalue weighted by atomic mass is 16.6. The summed E-state index contributed by atoms with van der Waals surface area (Å²) in [4.78, 5) is 16.6. The molecule has 1 fully saturated rings. The van der Waals surface area contributed by atoms with E-state index in [2.05, 4.69) is 37.6 Å². The number of nitro groups is 1. The van der Waals surface area contributed by atoms with Gasteiger partial charge in [-0.3, -0.25) is 4.57 Å². The fourth-order valence-corrected chi connectivity index (χ4v) is 3.28. The van der Waals surface area contributed by atoms with E-state index >= 15 is 0 Å². The van der Waals surface area contributed by atoms with Gasteiger partial charge in [-0.15, -0.1) is 0 Å². The molecule has 100 valence electrons. The molecule has 2 rings (SSSR count). The van der Waals surface area contributed by atoms with Crippen molar-refractivity contribution in [3.05, 3.63) is 16.4 Å². The van der Waals surface area contributed by atoms with Gasteiger partial charge >= 0.3 is 5.82 Å². The number of hydrogen-bond donors (Lipinski definition) is 0. The second-order valence-electron chi connectivity index (χ2n) is 6.07. The third kappa shape index (κ3) is 1.76. The summed E-state index contributed by atoms with van der Waals surface area (Å²) < 4.78 is 1.74. The Morgan fingerprint density at radius 2 is 2.17 bits per heavy atom. The van der Waals surface area contributed by atoms with Crippen LogP contribution < -0.4 is 4.90 Å². The van der Waals surface area contributed by atoms with Crippen LogP contribution in [0.3, 0.4) is 0 Å². The topological polar surface area (TPSA) is 64.2 Å². The second kappa shape index (κ2) is 3.96. The Morgan fingerprint density at radius 1 is 1.56 bits per heavy atom. The molecule has 0 N–H and O–H groups in total. The highest BCUT2D eigenvalue weighted by Crippen LogP contribution is 2.45. The van der Waals surface area contributed by atoms with Crippen molar-refractivity contribution < 1.29 is 4.92 Å². The summed E-state index contributed by atoms with van der Waals surface area (Å²) in [6.07, 6.45) is 1.51. The van der Waals surface area contributed by atoms with Crippen molar-refractivity contribution in [2.45, 2.75) is 33.7 Å². The van der Waals surface area contributed by atoms with E-state index in [0.29, 0.717) is 17.8 Å². The molecule has 2 heterocycles. The number of imidazole rings is 1. The third-order valence-electron chi connectivity index (χ3n) is 3.68. The molecule has 1 unspecified atom stereocenters. The first-order valence-corrected chi connectivity index (χ1v) is 6.18. The molecule has 0 amide bonds. The Hall–Kier alpha value is -1.59. The van der Waals surface area contributed by atoms with Crippen molar-refractivity contribution in [2.24, 2.45) is 18.4 Å². The number of aryl methyl sites for hydroxylation is 1. The van der Waals surface area contributed by atoms with Crippen LogP contribution in [0.1, 0.15) is 27.7 Å². The van der Waals surface area contributed by atoms with Crippen molar-refractivity contribution in [3.63, 3.8) is 0 Å². The summed E-state index contributed by atoms with van der Waals surface area (Å²) >= 11 is 0. The van der Waals surface area contributed by atoms with E-state index < -0.39 is 4.92 Å². The minimum atomic E-state index is -0.405. The molecular weight excluding hydrogens is 232 g/mol. The van der Waals surface area contributed by atoms with E-state index in [1.807, 2.05) is 0 Å². The van der Waals surface area contributed by atoms with Gasteiger partial charge in [0.15, 0.2) is 0 Å². The van der Waals surface area contributed by atoms with Crippen LogP contribution in [0.25, 0.3) is 0 Å². The maximum absolute atomic E-state index is 11.0. The van der Waals surface area contributed by atoms with Crippen molar-refractivity contribution in [1.29, 1.82) is 0 Å². The average Bonchev–Trinajstić information content (AvgIpc) is 2.55. The van der Waals surface area contributed by atoms with Crippen LogP contribution in [0, 0.1) is 21.4 Å². The Labute approximate surface area is 107 Å². The Kier molecular flexibility index (Phi) is 2.83. The Morgan fingerprint density at radius 3 is 2.61 bits per heavy atom. The Bertz CT molecular complexity index is 478. The number of nitrogens with zero attached hydrogens (tertiary/aromatic N) is 4. The maximum atomic E-state index is 11.0. The standard InChI is InChI=1S/C12H20N4O2/c1-8(2)9-12(3,4)6-15(9)11-10(16(17)18)13-7-14(11)5/h7-9H,6H2,1-5H3. The fraction of sp³-hybridized carbons (Fsp3) is 0.750. The highest BCUT2D eigenvalue weighted by Gasteiger charge is 2.50. The van der Waals surface area contributed by atoms with Crippen molar-refractivity contribution in [3.8, 4) is 0 Å². The van der Waals surface area contributed by atoms with E-state index in [1.165, 1.54) is 6.33 Å². The molecule has 0 radical (unpaired) electrons. The van der Waals surface area contributed by atoms with Gasteiger partial charge in [-0.1, -0.05) is 27.7 Å². The molecule has 1 saturated heterocycles. The lowest BCUT2D eigenvalue weighted by Gasteiger charge is -2.56. The molecule has 18 heavy (non-hydrogen) atoms. The van der Waals surface area contributed by atoms with E-state index in [0.717, 1.165) is 6.54 Å². The summed E-state index contributed by atoms with van der Waals surface area (Å²) in [6.45, 7) is 9.55. The number of anilines is 1. The lowest BCUT2D eigenvalue weighted by atomic mass is 9.70. The molecule has 0 spiro atoms. The highest BCUT2D eigenvalue weighted by molar-refractivity contribution is 5.58. The zero-order valence-electron chi connectivity index (χ0n) is 11.5. The summed E-state index contributed by atoms with van der Waals surface area (Å²) in [6, 6.07) is 0.312. The van der Waals surface area contributed by atoms with Crippen LogP contribution in [0.4, 0.5) is 11.6 Å². The molecule has 1 aliphatic heterocycles. The van der Waals surface area contributed by atoms with Crippen LogP contribution in [0.15, 0.2) is 6.33 Å². The van der Waals surface area contributed by atoms with E-state index in [4.69, 9.17) is 0 Å². The molecule has 1 aromatic heterocycles. The number of aromatic nitrogens is 2. The van der Waals surface area contributed by atoms with Crippen LogP contribution >= 0.6 is 0 Å². The van der Waals surface area contributed by atoms with Crippen LogP contribution in [-0.4, -0.2) is 27.1 Å². The molecule has 1 atom stereocenters. The first kappa shape index (κ1) is 12.9. The van der Waals surface area contributed by atoms with Gasteiger partial charge in [0, 0.05) is 25.0 Å². The van der Waals surface area contributed by atoms with E-state index in [1.54, 1.807) is 11.6 Å². The van der Waals surface area contributed by atoms with Crippen molar-refractivity contribution >= 4 is 11.6 Å². The Balaban J connectivity index is 2.39. The van der Waals surface area contributed by atoms with Gasteiger partial charge in [-0.05, 0) is 15.8 Å². The predicted molar refractivity (Wildman–Crippen MR) is 69.6 cm³/mol. The molecule has 6 heteroatoms. The third-order valence-corrected chi connectivity index (χ3v) is 3.68. The second-order valence-corrected chi connectivity index (χ2v) is 6.07. The lowest BCUT2D eigenvalue weighted by molar-refractivity contribution is -0.388. The smallest absolute Gasteiger partial charge is 0.358 e. The first-order valence-electron chi connectivity index (χ1n) is 6.18. The maximum Gasteiger partial charge on any atom is 0.406 e. The molecule has 0 bridgehead atoms. The largest absolute Gasteiger partial charge is 0.406 e. The molecule has 0 aliphatic carbocycles. The molecule has 0 aromatic carbocycles. The summed E-state index contributed by atoms with van der Waals surface area (Å²) in [5.74, 6) is 1.03.